The number of nitrogens with one attached hydrogen (secondary N) is 1. The average Bonchev–Trinajstić information content (AvgIpc) is 2.67. The summed E-state index contributed by atoms with van der Waals surface area (Å²) in [7, 11) is 0. The number of carbonyl (C=O) groups excluding carboxylic acids is 1. The highest BCUT2D eigenvalue weighted by atomic mass is 16.6. The van der Waals surface area contributed by atoms with E-state index < -0.39 is 4.92 Å². The monoisotopic (exact) mass is 368 g/mol. The molecule has 1 aromatic heterocycles. The first-order valence-electron chi connectivity index (χ1n) is 8.98. The number of hydrogen-bond donors (Lipinski definition) is 1. The van der Waals surface area contributed by atoms with Crippen LogP contribution in [0.15, 0.2) is 48.7 Å². The van der Waals surface area contributed by atoms with Crippen LogP contribution >= 0.6 is 0 Å². The molecule has 0 aliphatic carbocycles. The van der Waals surface area contributed by atoms with Crippen molar-refractivity contribution >= 4 is 29.2 Å². The standard InChI is InChI=1S/C20H24N4O3/c1-3-13-23(14-4-2)19-11-8-17(15-21-19)22-20(25)12-7-16-5-9-18(10-6-16)24(26)27/h5-12,15H,3-4,13-14H2,1-2H3,(H,22,25)/b12-7+. The number of aromatic nitrogens is 1. The van der Waals surface area contributed by atoms with E-state index in [0.717, 1.165) is 31.7 Å². The summed E-state index contributed by atoms with van der Waals surface area (Å²) in [6.07, 6.45) is 6.73. The molecule has 0 aliphatic heterocycles. The summed E-state index contributed by atoms with van der Waals surface area (Å²) in [6.45, 7) is 6.16. The molecule has 7 heteroatoms. The number of anilines is 2. The van der Waals surface area contributed by atoms with Gasteiger partial charge in [0.15, 0.2) is 0 Å². The number of nitrogens with zero attached hydrogens (tertiary/aromatic N) is 3. The zero-order chi connectivity index (χ0) is 19.6. The van der Waals surface area contributed by atoms with Crippen LogP contribution < -0.4 is 10.2 Å². The Morgan fingerprint density at radius 2 is 1.81 bits per heavy atom. The lowest BCUT2D eigenvalue weighted by Crippen LogP contribution is -2.25. The van der Waals surface area contributed by atoms with E-state index >= 15 is 0 Å². The second kappa shape index (κ2) is 10.1. The van der Waals surface area contributed by atoms with Crippen molar-refractivity contribution < 1.29 is 9.72 Å². The Labute approximate surface area is 158 Å². The van der Waals surface area contributed by atoms with Gasteiger partial charge in [0.1, 0.15) is 5.82 Å². The quantitative estimate of drug-likeness (QED) is 0.406. The molecule has 2 rings (SSSR count). The summed E-state index contributed by atoms with van der Waals surface area (Å²) in [4.78, 5) is 28.9. The number of nitro benzene ring substituents is 1. The molecule has 0 fully saturated rings. The molecule has 0 saturated carbocycles. The van der Waals surface area contributed by atoms with Gasteiger partial charge >= 0.3 is 0 Å². The fourth-order valence-electron chi connectivity index (χ4n) is 2.59. The lowest BCUT2D eigenvalue weighted by Gasteiger charge is -2.22. The molecule has 0 atom stereocenters. The van der Waals surface area contributed by atoms with Gasteiger partial charge in [-0.3, -0.25) is 14.9 Å². The zero-order valence-electron chi connectivity index (χ0n) is 15.6. The fourth-order valence-corrected chi connectivity index (χ4v) is 2.59. The van der Waals surface area contributed by atoms with E-state index in [-0.39, 0.29) is 11.6 Å². The number of nitro groups is 1. The SMILES string of the molecule is CCCN(CCC)c1ccc(NC(=O)/C=C/c2ccc([N+](=O)[O-])cc2)cn1. The molecule has 0 unspecified atom stereocenters. The number of rotatable bonds is 9. The van der Waals surface area contributed by atoms with Crippen LogP contribution in [0, 0.1) is 10.1 Å². The van der Waals surface area contributed by atoms with Crippen molar-refractivity contribution in [3.63, 3.8) is 0 Å². The molecule has 0 spiro atoms. The highest BCUT2D eigenvalue weighted by molar-refractivity contribution is 6.01. The Morgan fingerprint density at radius 1 is 1.15 bits per heavy atom. The number of pyridine rings is 1. The lowest BCUT2D eigenvalue weighted by molar-refractivity contribution is -0.384. The first-order chi connectivity index (χ1) is 13.0. The maximum atomic E-state index is 12.0. The van der Waals surface area contributed by atoms with Gasteiger partial charge in [-0.2, -0.15) is 0 Å². The third-order valence-corrected chi connectivity index (χ3v) is 3.86. The number of non-ortho nitro benzene ring substituents is 1. The molecule has 1 heterocycles. The molecule has 0 aliphatic rings. The van der Waals surface area contributed by atoms with Crippen molar-refractivity contribution in [2.75, 3.05) is 23.3 Å². The van der Waals surface area contributed by atoms with Crippen molar-refractivity contribution in [2.24, 2.45) is 0 Å². The molecule has 0 bridgehead atoms. The average molecular weight is 368 g/mol. The second-order valence-corrected chi connectivity index (χ2v) is 6.06. The molecule has 1 amide bonds. The van der Waals surface area contributed by atoms with Gasteiger partial charge < -0.3 is 10.2 Å². The van der Waals surface area contributed by atoms with E-state index in [1.807, 2.05) is 12.1 Å². The third kappa shape index (κ3) is 6.22. The molecule has 1 N–H and O–H groups in total. The molecule has 0 saturated heterocycles. The van der Waals surface area contributed by atoms with Gasteiger partial charge in [-0.15, -0.1) is 0 Å². The zero-order valence-corrected chi connectivity index (χ0v) is 15.6. The lowest BCUT2D eigenvalue weighted by atomic mass is 10.2. The smallest absolute Gasteiger partial charge is 0.269 e. The van der Waals surface area contributed by atoms with Crippen LogP contribution in [0.2, 0.25) is 0 Å². The van der Waals surface area contributed by atoms with Gasteiger partial charge in [-0.1, -0.05) is 13.8 Å². The summed E-state index contributed by atoms with van der Waals surface area (Å²) in [6, 6.07) is 9.72. The van der Waals surface area contributed by atoms with Crippen molar-refractivity contribution in [3.05, 3.63) is 64.3 Å². The van der Waals surface area contributed by atoms with E-state index in [1.54, 1.807) is 24.4 Å². The highest BCUT2D eigenvalue weighted by Gasteiger charge is 2.07. The normalized spacial score (nSPS) is 10.7. The van der Waals surface area contributed by atoms with Gasteiger partial charge in [-0.25, -0.2) is 4.98 Å². The Hall–Kier alpha value is -3.22. The predicted octanol–water partition coefficient (Wildman–Crippen LogP) is 4.27. The fraction of sp³-hybridized carbons (Fsp3) is 0.300. The van der Waals surface area contributed by atoms with Gasteiger partial charge in [0.05, 0.1) is 16.8 Å². The minimum absolute atomic E-state index is 0.0166. The van der Waals surface area contributed by atoms with Crippen LogP contribution in [0.3, 0.4) is 0 Å². The third-order valence-electron chi connectivity index (χ3n) is 3.86. The van der Waals surface area contributed by atoms with E-state index in [4.69, 9.17) is 0 Å². The maximum Gasteiger partial charge on any atom is 0.269 e. The van der Waals surface area contributed by atoms with Crippen LogP contribution in [0.5, 0.6) is 0 Å². The van der Waals surface area contributed by atoms with E-state index in [0.29, 0.717) is 11.3 Å². The van der Waals surface area contributed by atoms with Crippen molar-refractivity contribution in [2.45, 2.75) is 26.7 Å². The number of amides is 1. The van der Waals surface area contributed by atoms with Crippen LogP contribution in [-0.2, 0) is 4.79 Å². The minimum atomic E-state index is -0.459. The van der Waals surface area contributed by atoms with Crippen molar-refractivity contribution in [1.29, 1.82) is 0 Å². The molecule has 0 radical (unpaired) electrons. The van der Waals surface area contributed by atoms with Crippen LogP contribution in [0.25, 0.3) is 6.08 Å². The molecule has 27 heavy (non-hydrogen) atoms. The predicted molar refractivity (Wildman–Crippen MR) is 108 cm³/mol. The first kappa shape index (κ1) is 20.1. The van der Waals surface area contributed by atoms with Crippen LogP contribution in [0.4, 0.5) is 17.2 Å². The van der Waals surface area contributed by atoms with Gasteiger partial charge in [0.25, 0.3) is 5.69 Å². The van der Waals surface area contributed by atoms with Crippen molar-refractivity contribution in [3.8, 4) is 0 Å². The number of benzene rings is 1. The van der Waals surface area contributed by atoms with Crippen LogP contribution in [0.1, 0.15) is 32.3 Å². The van der Waals surface area contributed by atoms with E-state index in [1.165, 1.54) is 18.2 Å². The summed E-state index contributed by atoms with van der Waals surface area (Å²) < 4.78 is 0. The van der Waals surface area contributed by atoms with Crippen LogP contribution in [-0.4, -0.2) is 28.9 Å². The minimum Gasteiger partial charge on any atom is -0.357 e. The van der Waals surface area contributed by atoms with E-state index in [2.05, 4.69) is 29.0 Å². The molecule has 142 valence electrons. The Kier molecular flexibility index (Phi) is 7.49. The Bertz CT molecular complexity index is 780. The molecular weight excluding hydrogens is 344 g/mol. The first-order valence-corrected chi connectivity index (χ1v) is 8.98. The molecule has 7 nitrogen and oxygen atoms in total. The van der Waals surface area contributed by atoms with E-state index in [9.17, 15) is 14.9 Å². The number of hydrogen-bond acceptors (Lipinski definition) is 5. The number of carbonyl (C=O) groups is 1. The van der Waals surface area contributed by atoms with Gasteiger partial charge in [0, 0.05) is 31.3 Å². The summed E-state index contributed by atoms with van der Waals surface area (Å²) >= 11 is 0. The van der Waals surface area contributed by atoms with Crippen molar-refractivity contribution in [1.82, 2.24) is 4.98 Å². The molecule has 1 aromatic carbocycles. The summed E-state index contributed by atoms with van der Waals surface area (Å²) in [5.74, 6) is 0.611. The molecule has 2 aromatic rings. The Morgan fingerprint density at radius 3 is 2.33 bits per heavy atom. The van der Waals surface area contributed by atoms with Gasteiger partial charge in [-0.05, 0) is 48.7 Å². The summed E-state index contributed by atoms with van der Waals surface area (Å²) in [5.41, 5.74) is 1.34. The summed E-state index contributed by atoms with van der Waals surface area (Å²) in [5, 5.41) is 13.4. The Balaban J connectivity index is 1.95. The second-order valence-electron chi connectivity index (χ2n) is 6.06. The molecular formula is C20H24N4O3. The highest BCUT2D eigenvalue weighted by Crippen LogP contribution is 2.16. The van der Waals surface area contributed by atoms with Gasteiger partial charge in [0.2, 0.25) is 5.91 Å². The largest absolute Gasteiger partial charge is 0.357 e. The topological polar surface area (TPSA) is 88.4 Å². The maximum absolute atomic E-state index is 12.0.